The number of hydrogen-bond donors (Lipinski definition) is 2. The van der Waals surface area contributed by atoms with E-state index in [1.807, 2.05) is 24.3 Å². The molecule has 0 aliphatic carbocycles. The third kappa shape index (κ3) is 4.80. The number of nitrogens with one attached hydrogen (secondary N) is 2. The molecular weight excluding hydrogens is 408 g/mol. The molecule has 0 fully saturated rings. The summed E-state index contributed by atoms with van der Waals surface area (Å²) in [5, 5.41) is 2.80. The van der Waals surface area contributed by atoms with E-state index in [0.29, 0.717) is 22.6 Å². The van der Waals surface area contributed by atoms with E-state index < -0.39 is 22.0 Å². The van der Waals surface area contributed by atoms with E-state index in [1.54, 1.807) is 26.0 Å². The fourth-order valence-corrected chi connectivity index (χ4v) is 5.00. The maximum atomic E-state index is 13.0. The number of hydrogen-bond acceptors (Lipinski definition) is 6. The van der Waals surface area contributed by atoms with Gasteiger partial charge in [0, 0.05) is 5.69 Å². The van der Waals surface area contributed by atoms with Crippen LogP contribution in [0.5, 0.6) is 0 Å². The number of carbonyl (C=O) groups excluding carboxylic acids is 1. The van der Waals surface area contributed by atoms with Crippen molar-refractivity contribution < 1.29 is 13.2 Å². The van der Waals surface area contributed by atoms with Gasteiger partial charge in [-0.25, -0.2) is 8.42 Å². The van der Waals surface area contributed by atoms with Gasteiger partial charge < -0.3 is 5.32 Å². The average molecular weight is 433 g/mol. The lowest BCUT2D eigenvalue weighted by Crippen LogP contribution is -2.47. The van der Waals surface area contributed by atoms with Crippen molar-refractivity contribution in [3.05, 3.63) is 48.0 Å². The summed E-state index contributed by atoms with van der Waals surface area (Å²) in [7, 11) is -3.96. The van der Waals surface area contributed by atoms with E-state index in [0.717, 1.165) is 17.3 Å². The lowest BCUT2D eigenvalue weighted by Gasteiger charge is -2.22. The van der Waals surface area contributed by atoms with Gasteiger partial charge in [0.05, 0.1) is 11.7 Å². The number of aromatic nitrogens is 2. The van der Waals surface area contributed by atoms with E-state index in [-0.39, 0.29) is 10.8 Å². The molecular formula is C20H24N4O3S2. The van der Waals surface area contributed by atoms with E-state index in [1.165, 1.54) is 6.07 Å². The highest BCUT2D eigenvalue weighted by Crippen LogP contribution is 2.22. The Kier molecular flexibility index (Phi) is 6.30. The molecule has 2 aromatic carbocycles. The minimum Gasteiger partial charge on any atom is -0.325 e. The van der Waals surface area contributed by atoms with Gasteiger partial charge in [0.2, 0.25) is 15.9 Å². The standard InChI is InChI=1S/C20H24N4O3S2/c1-12(2)14-8-10-15(11-9-14)21-20(25)18(13(3)4)24-29(26,27)17-7-5-6-16-19(17)23-28-22-16/h5-13,18,24H,1-4H3,(H,21,25). The Morgan fingerprint density at radius 1 is 1.00 bits per heavy atom. The smallest absolute Gasteiger partial charge is 0.243 e. The van der Waals surface area contributed by atoms with Gasteiger partial charge in [-0.2, -0.15) is 13.5 Å². The Hall–Kier alpha value is -2.36. The van der Waals surface area contributed by atoms with Crippen LogP contribution < -0.4 is 10.0 Å². The van der Waals surface area contributed by atoms with Gasteiger partial charge in [0.25, 0.3) is 0 Å². The number of nitrogens with zero attached hydrogens (tertiary/aromatic N) is 2. The zero-order valence-electron chi connectivity index (χ0n) is 16.7. The van der Waals surface area contributed by atoms with Crippen molar-refractivity contribution in [3.63, 3.8) is 0 Å². The molecule has 154 valence electrons. The zero-order chi connectivity index (χ0) is 21.2. The molecule has 1 atom stereocenters. The van der Waals surface area contributed by atoms with Crippen LogP contribution >= 0.6 is 11.7 Å². The van der Waals surface area contributed by atoms with Crippen molar-refractivity contribution in [3.8, 4) is 0 Å². The van der Waals surface area contributed by atoms with Crippen molar-refractivity contribution in [1.29, 1.82) is 0 Å². The molecule has 0 aliphatic heterocycles. The lowest BCUT2D eigenvalue weighted by atomic mass is 10.0. The van der Waals surface area contributed by atoms with Crippen LogP contribution in [0.4, 0.5) is 5.69 Å². The number of anilines is 1. The van der Waals surface area contributed by atoms with Crippen molar-refractivity contribution in [2.24, 2.45) is 5.92 Å². The summed E-state index contributed by atoms with van der Waals surface area (Å²) in [6.07, 6.45) is 0. The van der Waals surface area contributed by atoms with Gasteiger partial charge >= 0.3 is 0 Å². The fraction of sp³-hybridized carbons (Fsp3) is 0.350. The maximum absolute atomic E-state index is 13.0. The van der Waals surface area contributed by atoms with E-state index in [9.17, 15) is 13.2 Å². The van der Waals surface area contributed by atoms with Gasteiger partial charge in [-0.1, -0.05) is 45.9 Å². The molecule has 0 aliphatic rings. The molecule has 9 heteroatoms. The molecule has 0 saturated heterocycles. The summed E-state index contributed by atoms with van der Waals surface area (Å²) < 4.78 is 36.7. The van der Waals surface area contributed by atoms with Crippen LogP contribution in [0.2, 0.25) is 0 Å². The van der Waals surface area contributed by atoms with Crippen molar-refractivity contribution >= 4 is 44.4 Å². The topological polar surface area (TPSA) is 101 Å². The Bertz CT molecular complexity index is 1110. The summed E-state index contributed by atoms with van der Waals surface area (Å²) in [4.78, 5) is 12.8. The number of fused-ring (bicyclic) bond motifs is 1. The molecule has 0 saturated carbocycles. The van der Waals surface area contributed by atoms with Crippen LogP contribution in [0.25, 0.3) is 11.0 Å². The van der Waals surface area contributed by atoms with Crippen molar-refractivity contribution in [2.45, 2.75) is 44.6 Å². The highest BCUT2D eigenvalue weighted by molar-refractivity contribution is 7.89. The number of carbonyl (C=O) groups is 1. The summed E-state index contributed by atoms with van der Waals surface area (Å²) in [5.74, 6) is -0.283. The molecule has 1 unspecified atom stereocenters. The Balaban J connectivity index is 1.82. The number of benzene rings is 2. The number of amides is 1. The van der Waals surface area contributed by atoms with Gasteiger partial charge in [-0.3, -0.25) is 4.79 Å². The normalized spacial score (nSPS) is 13.2. The molecule has 1 heterocycles. The SMILES string of the molecule is CC(C)c1ccc(NC(=O)C(NS(=O)(=O)c2cccc3nsnc23)C(C)C)cc1. The van der Waals surface area contributed by atoms with E-state index in [2.05, 4.69) is 32.6 Å². The highest BCUT2D eigenvalue weighted by atomic mass is 32.2. The number of sulfonamides is 1. The van der Waals surface area contributed by atoms with Gasteiger partial charge in [0.15, 0.2) is 0 Å². The molecule has 0 radical (unpaired) electrons. The zero-order valence-corrected chi connectivity index (χ0v) is 18.3. The number of rotatable bonds is 7. The highest BCUT2D eigenvalue weighted by Gasteiger charge is 2.30. The Morgan fingerprint density at radius 3 is 2.31 bits per heavy atom. The van der Waals surface area contributed by atoms with E-state index >= 15 is 0 Å². The predicted molar refractivity (Wildman–Crippen MR) is 116 cm³/mol. The average Bonchev–Trinajstić information content (AvgIpc) is 3.15. The summed E-state index contributed by atoms with van der Waals surface area (Å²) in [5.41, 5.74) is 2.59. The maximum Gasteiger partial charge on any atom is 0.243 e. The Labute approximate surface area is 174 Å². The van der Waals surface area contributed by atoms with Gasteiger partial charge in [-0.05, 0) is 41.7 Å². The Morgan fingerprint density at radius 2 is 1.69 bits per heavy atom. The first-order valence-corrected chi connectivity index (χ1v) is 11.5. The molecule has 1 amide bonds. The molecule has 29 heavy (non-hydrogen) atoms. The monoisotopic (exact) mass is 432 g/mol. The first-order valence-electron chi connectivity index (χ1n) is 9.33. The first kappa shape index (κ1) is 21.4. The molecule has 0 bridgehead atoms. The van der Waals surface area contributed by atoms with E-state index in [4.69, 9.17) is 0 Å². The minimum atomic E-state index is -3.96. The largest absolute Gasteiger partial charge is 0.325 e. The third-order valence-corrected chi connectivity index (χ3v) is 6.63. The molecule has 7 nitrogen and oxygen atoms in total. The third-order valence-electron chi connectivity index (χ3n) is 4.61. The molecule has 3 rings (SSSR count). The minimum absolute atomic E-state index is 0.0171. The quantitative estimate of drug-likeness (QED) is 0.592. The predicted octanol–water partition coefficient (Wildman–Crippen LogP) is 3.76. The van der Waals surface area contributed by atoms with Gasteiger partial charge in [-0.15, -0.1) is 0 Å². The molecule has 2 N–H and O–H groups in total. The van der Waals surface area contributed by atoms with Crippen LogP contribution in [0.1, 0.15) is 39.2 Å². The van der Waals surface area contributed by atoms with Crippen LogP contribution in [-0.4, -0.2) is 29.1 Å². The molecule has 0 spiro atoms. The second-order valence-corrected chi connectivity index (χ2v) is 9.71. The first-order chi connectivity index (χ1) is 13.7. The van der Waals surface area contributed by atoms with Crippen molar-refractivity contribution in [2.75, 3.05) is 5.32 Å². The van der Waals surface area contributed by atoms with Crippen LogP contribution in [0.3, 0.4) is 0 Å². The second kappa shape index (κ2) is 8.56. The molecule has 3 aromatic rings. The fourth-order valence-electron chi connectivity index (χ4n) is 2.89. The summed E-state index contributed by atoms with van der Waals surface area (Å²) in [6, 6.07) is 11.4. The summed E-state index contributed by atoms with van der Waals surface area (Å²) in [6.45, 7) is 7.77. The van der Waals surface area contributed by atoms with Gasteiger partial charge in [0.1, 0.15) is 22.0 Å². The van der Waals surface area contributed by atoms with Crippen LogP contribution in [0.15, 0.2) is 47.4 Å². The lowest BCUT2D eigenvalue weighted by molar-refractivity contribution is -0.118. The van der Waals surface area contributed by atoms with Crippen molar-refractivity contribution in [1.82, 2.24) is 13.5 Å². The van der Waals surface area contributed by atoms with Crippen LogP contribution in [0, 0.1) is 5.92 Å². The summed E-state index contributed by atoms with van der Waals surface area (Å²) >= 11 is 0.948. The second-order valence-electron chi connectivity index (χ2n) is 7.50. The molecule has 1 aromatic heterocycles. The van der Waals surface area contributed by atoms with Crippen LogP contribution in [-0.2, 0) is 14.8 Å².